The van der Waals surface area contributed by atoms with Gasteiger partial charge in [-0.2, -0.15) is 11.8 Å². The highest BCUT2D eigenvalue weighted by molar-refractivity contribution is 7.99. The van der Waals surface area contributed by atoms with Gasteiger partial charge in [-0.25, -0.2) is 0 Å². The molecule has 0 aliphatic rings. The molecule has 1 heterocycles. The molecule has 0 radical (unpaired) electrons. The van der Waals surface area contributed by atoms with E-state index in [4.69, 9.17) is 4.42 Å². The van der Waals surface area contributed by atoms with Crippen molar-refractivity contribution in [3.05, 3.63) is 65.0 Å². The molecule has 0 bridgehead atoms. The van der Waals surface area contributed by atoms with Crippen molar-refractivity contribution in [1.29, 1.82) is 0 Å². The Bertz CT molecular complexity index is 873. The Kier molecular flexibility index (Phi) is 5.99. The molecule has 136 valence electrons. The summed E-state index contributed by atoms with van der Waals surface area (Å²) >= 11 is 1.96. The molecule has 26 heavy (non-hydrogen) atoms. The van der Waals surface area contributed by atoms with Gasteiger partial charge in [-0.3, -0.25) is 0 Å². The molecule has 0 atom stereocenters. The molecule has 1 N–H and O–H groups in total. The summed E-state index contributed by atoms with van der Waals surface area (Å²) in [7, 11) is 0. The van der Waals surface area contributed by atoms with Crippen molar-refractivity contribution in [3.63, 3.8) is 0 Å². The highest BCUT2D eigenvalue weighted by Crippen LogP contribution is 2.26. The molecule has 1 aromatic heterocycles. The zero-order chi connectivity index (χ0) is 18.5. The number of aromatic nitrogens is 2. The van der Waals surface area contributed by atoms with Crippen molar-refractivity contribution in [2.45, 2.75) is 45.2 Å². The fourth-order valence-electron chi connectivity index (χ4n) is 2.71. The Morgan fingerprint density at radius 1 is 1.04 bits per heavy atom. The van der Waals surface area contributed by atoms with Gasteiger partial charge < -0.3 is 9.73 Å². The van der Waals surface area contributed by atoms with Crippen LogP contribution in [-0.4, -0.2) is 15.4 Å². The molecule has 0 aliphatic carbocycles. The first kappa shape index (κ1) is 18.5. The lowest BCUT2D eigenvalue weighted by molar-refractivity contribution is 0.514. The summed E-state index contributed by atoms with van der Waals surface area (Å²) in [6, 6.07) is 14.4. The number of hydrogen-bond acceptors (Lipinski definition) is 5. The number of anilines is 1. The standard InChI is InChI=1S/C21H25N3OS/c1-14(2)26-13-17-9-7-11-19(16(17)4)22-12-20-23-24-21(25-20)18-10-6-5-8-15(18)3/h5-11,14,22H,12-13H2,1-4H3. The largest absolute Gasteiger partial charge is 0.419 e. The van der Waals surface area contributed by atoms with Crippen LogP contribution < -0.4 is 5.32 Å². The second-order valence-electron chi connectivity index (χ2n) is 6.62. The minimum absolute atomic E-state index is 0.514. The highest BCUT2D eigenvalue weighted by Gasteiger charge is 2.11. The molecule has 0 unspecified atom stereocenters. The van der Waals surface area contributed by atoms with Crippen molar-refractivity contribution < 1.29 is 4.42 Å². The number of thioether (sulfide) groups is 1. The fraction of sp³-hybridized carbons (Fsp3) is 0.333. The molecular weight excluding hydrogens is 342 g/mol. The smallest absolute Gasteiger partial charge is 0.248 e. The van der Waals surface area contributed by atoms with E-state index in [2.05, 4.69) is 54.5 Å². The van der Waals surface area contributed by atoms with Gasteiger partial charge in [0.2, 0.25) is 11.8 Å². The summed E-state index contributed by atoms with van der Waals surface area (Å²) in [6.45, 7) is 9.17. The molecule has 0 spiro atoms. The number of benzene rings is 2. The van der Waals surface area contributed by atoms with Gasteiger partial charge in [0.1, 0.15) is 0 Å². The predicted molar refractivity (Wildman–Crippen MR) is 109 cm³/mol. The van der Waals surface area contributed by atoms with Crippen LogP contribution in [0.1, 0.15) is 36.4 Å². The first-order valence-electron chi connectivity index (χ1n) is 8.87. The van der Waals surface area contributed by atoms with Crippen LogP contribution in [0.5, 0.6) is 0 Å². The summed E-state index contributed by atoms with van der Waals surface area (Å²) in [5.41, 5.74) is 5.86. The van der Waals surface area contributed by atoms with Crippen molar-refractivity contribution >= 4 is 17.4 Å². The summed E-state index contributed by atoms with van der Waals surface area (Å²) < 4.78 is 5.83. The molecule has 4 nitrogen and oxygen atoms in total. The predicted octanol–water partition coefficient (Wildman–Crippen LogP) is 5.61. The molecule has 2 aromatic carbocycles. The van der Waals surface area contributed by atoms with Gasteiger partial charge in [-0.05, 0) is 47.9 Å². The van der Waals surface area contributed by atoms with Crippen molar-refractivity contribution in [2.75, 3.05) is 5.32 Å². The van der Waals surface area contributed by atoms with E-state index in [9.17, 15) is 0 Å². The van der Waals surface area contributed by atoms with Crippen LogP contribution in [-0.2, 0) is 12.3 Å². The van der Waals surface area contributed by atoms with E-state index in [1.807, 2.05) is 43.0 Å². The maximum Gasteiger partial charge on any atom is 0.248 e. The third-order valence-corrected chi connectivity index (χ3v) is 5.43. The van der Waals surface area contributed by atoms with Crippen LogP contribution in [0.15, 0.2) is 46.9 Å². The van der Waals surface area contributed by atoms with Crippen LogP contribution in [0.4, 0.5) is 5.69 Å². The minimum Gasteiger partial charge on any atom is -0.419 e. The quantitative estimate of drug-likeness (QED) is 0.588. The zero-order valence-corrected chi connectivity index (χ0v) is 16.6. The maximum atomic E-state index is 5.83. The normalized spacial score (nSPS) is 11.1. The number of nitrogens with zero attached hydrogens (tertiary/aromatic N) is 2. The summed E-state index contributed by atoms with van der Waals surface area (Å²) in [5, 5.41) is 12.4. The molecule has 0 fully saturated rings. The lowest BCUT2D eigenvalue weighted by Crippen LogP contribution is -2.03. The fourth-order valence-corrected chi connectivity index (χ4v) is 3.53. The summed E-state index contributed by atoms with van der Waals surface area (Å²) in [4.78, 5) is 0. The molecule has 0 saturated heterocycles. The number of hydrogen-bond donors (Lipinski definition) is 1. The maximum absolute atomic E-state index is 5.83. The Morgan fingerprint density at radius 3 is 2.62 bits per heavy atom. The number of nitrogens with one attached hydrogen (secondary N) is 1. The van der Waals surface area contributed by atoms with Crippen LogP contribution in [0, 0.1) is 13.8 Å². The van der Waals surface area contributed by atoms with Crippen LogP contribution >= 0.6 is 11.8 Å². The first-order valence-corrected chi connectivity index (χ1v) is 9.92. The second-order valence-corrected chi connectivity index (χ2v) is 8.18. The van der Waals surface area contributed by atoms with Gasteiger partial charge in [0.15, 0.2) is 0 Å². The summed E-state index contributed by atoms with van der Waals surface area (Å²) in [6.07, 6.45) is 0. The first-order chi connectivity index (χ1) is 12.5. The van der Waals surface area contributed by atoms with Gasteiger partial charge in [0.05, 0.1) is 6.54 Å². The average molecular weight is 368 g/mol. The van der Waals surface area contributed by atoms with Crippen molar-refractivity contribution in [1.82, 2.24) is 10.2 Å². The Balaban J connectivity index is 1.68. The van der Waals surface area contributed by atoms with E-state index in [-0.39, 0.29) is 0 Å². The molecule has 3 aromatic rings. The topological polar surface area (TPSA) is 51.0 Å². The molecule has 0 amide bonds. The molecule has 3 rings (SSSR count). The molecule has 5 heteroatoms. The van der Waals surface area contributed by atoms with Gasteiger partial charge in [0, 0.05) is 17.0 Å². The van der Waals surface area contributed by atoms with E-state index in [1.54, 1.807) is 0 Å². The van der Waals surface area contributed by atoms with Crippen LogP contribution in [0.3, 0.4) is 0 Å². The summed E-state index contributed by atoms with van der Waals surface area (Å²) in [5.74, 6) is 2.18. The highest BCUT2D eigenvalue weighted by atomic mass is 32.2. The third-order valence-electron chi connectivity index (χ3n) is 4.29. The SMILES string of the molecule is Cc1ccccc1-c1nnc(CNc2cccc(CSC(C)C)c2C)o1. The van der Waals surface area contributed by atoms with Crippen molar-refractivity contribution in [3.8, 4) is 11.5 Å². The Labute approximate surface area is 159 Å². The van der Waals surface area contributed by atoms with E-state index in [0.29, 0.717) is 23.6 Å². The van der Waals surface area contributed by atoms with E-state index < -0.39 is 0 Å². The average Bonchev–Trinajstić information content (AvgIpc) is 3.09. The minimum atomic E-state index is 0.514. The van der Waals surface area contributed by atoms with E-state index >= 15 is 0 Å². The Hall–Kier alpha value is -2.27. The molecular formula is C21H25N3OS. The van der Waals surface area contributed by atoms with Gasteiger partial charge in [0.25, 0.3) is 0 Å². The van der Waals surface area contributed by atoms with Crippen molar-refractivity contribution in [2.24, 2.45) is 0 Å². The van der Waals surface area contributed by atoms with E-state index in [0.717, 1.165) is 22.6 Å². The zero-order valence-electron chi connectivity index (χ0n) is 15.7. The Morgan fingerprint density at radius 2 is 1.85 bits per heavy atom. The van der Waals surface area contributed by atoms with Gasteiger partial charge in [-0.15, -0.1) is 10.2 Å². The van der Waals surface area contributed by atoms with Gasteiger partial charge >= 0.3 is 0 Å². The number of aryl methyl sites for hydroxylation is 1. The third kappa shape index (κ3) is 4.47. The van der Waals surface area contributed by atoms with Crippen LogP contribution in [0.2, 0.25) is 0 Å². The van der Waals surface area contributed by atoms with E-state index in [1.165, 1.54) is 11.1 Å². The number of rotatable bonds is 7. The van der Waals surface area contributed by atoms with Crippen LogP contribution in [0.25, 0.3) is 11.5 Å². The van der Waals surface area contributed by atoms with Gasteiger partial charge in [-0.1, -0.05) is 44.2 Å². The monoisotopic (exact) mass is 367 g/mol. The lowest BCUT2D eigenvalue weighted by atomic mass is 10.1. The molecule has 0 aliphatic heterocycles. The lowest BCUT2D eigenvalue weighted by Gasteiger charge is -2.13. The molecule has 0 saturated carbocycles. The second kappa shape index (κ2) is 8.41.